The van der Waals surface area contributed by atoms with E-state index in [4.69, 9.17) is 15.4 Å². The van der Waals surface area contributed by atoms with E-state index in [2.05, 4.69) is 0 Å². The maximum Gasteiger partial charge on any atom is 0.233 e. The van der Waals surface area contributed by atoms with E-state index in [-0.39, 0.29) is 5.75 Å². The van der Waals surface area contributed by atoms with Crippen molar-refractivity contribution in [1.29, 1.82) is 0 Å². The van der Waals surface area contributed by atoms with Crippen LogP contribution in [-0.4, -0.2) is 33.1 Å². The second-order valence-corrected chi connectivity index (χ2v) is 6.92. The third-order valence-electron chi connectivity index (χ3n) is 2.80. The van der Waals surface area contributed by atoms with Gasteiger partial charge in [-0.05, 0) is 12.8 Å². The lowest BCUT2D eigenvalue weighted by Crippen LogP contribution is -2.48. The smallest absolute Gasteiger partial charge is 0.233 e. The van der Waals surface area contributed by atoms with E-state index in [1.807, 2.05) is 0 Å². The highest BCUT2D eigenvalue weighted by atomic mass is 35.7. The van der Waals surface area contributed by atoms with E-state index in [9.17, 15) is 12.8 Å². The maximum atomic E-state index is 12.4. The highest BCUT2D eigenvalue weighted by Crippen LogP contribution is 2.58. The molecular formula is C7H10ClFO3S. The third kappa shape index (κ3) is 1.57. The van der Waals surface area contributed by atoms with Crippen LogP contribution in [0.1, 0.15) is 12.8 Å². The fourth-order valence-corrected chi connectivity index (χ4v) is 4.18. The number of rotatable bonds is 3. The second kappa shape index (κ2) is 2.58. The predicted molar refractivity (Wildman–Crippen MR) is 46.0 cm³/mol. The number of hydrogen-bond acceptors (Lipinski definition) is 3. The first kappa shape index (κ1) is 9.68. The molecule has 76 valence electrons. The molecule has 0 unspecified atom stereocenters. The molecule has 0 aromatic heterocycles. The Labute approximate surface area is 80.6 Å². The van der Waals surface area contributed by atoms with Gasteiger partial charge in [-0.2, -0.15) is 0 Å². The van der Waals surface area contributed by atoms with Crippen LogP contribution in [0.25, 0.3) is 0 Å². The Kier molecular flexibility index (Phi) is 1.92. The molecule has 2 heterocycles. The zero-order valence-corrected chi connectivity index (χ0v) is 8.50. The van der Waals surface area contributed by atoms with E-state index in [0.29, 0.717) is 19.4 Å². The van der Waals surface area contributed by atoms with Gasteiger partial charge in [0, 0.05) is 16.1 Å². The molecule has 0 atom stereocenters. The molecule has 0 amide bonds. The molecule has 2 bridgehead atoms. The third-order valence-corrected chi connectivity index (χ3v) is 4.09. The first-order valence-corrected chi connectivity index (χ1v) is 6.49. The molecule has 0 aromatic rings. The van der Waals surface area contributed by atoms with Crippen LogP contribution in [0, 0.1) is 5.41 Å². The fourth-order valence-electron chi connectivity index (χ4n) is 2.47. The van der Waals surface area contributed by atoms with Gasteiger partial charge >= 0.3 is 0 Å². The summed E-state index contributed by atoms with van der Waals surface area (Å²) in [5.41, 5.74) is -1.08. The summed E-state index contributed by atoms with van der Waals surface area (Å²) in [4.78, 5) is 0. The Morgan fingerprint density at radius 3 is 2.46 bits per heavy atom. The summed E-state index contributed by atoms with van der Waals surface area (Å²) in [7, 11) is 1.65. The van der Waals surface area contributed by atoms with Crippen LogP contribution in [-0.2, 0) is 13.8 Å². The minimum Gasteiger partial charge on any atom is -0.372 e. The fraction of sp³-hybridized carbons (Fsp3) is 1.00. The van der Waals surface area contributed by atoms with Gasteiger partial charge in [-0.15, -0.1) is 0 Å². The summed E-state index contributed by atoms with van der Waals surface area (Å²) in [5, 5.41) is 0. The van der Waals surface area contributed by atoms with Crippen molar-refractivity contribution in [3.8, 4) is 0 Å². The summed E-state index contributed by atoms with van der Waals surface area (Å²) in [6.07, 6.45) is 0.977. The summed E-state index contributed by atoms with van der Waals surface area (Å²) in [6.45, 7) is -0.208. The summed E-state index contributed by atoms with van der Waals surface area (Å²) < 4.78 is 39.3. The number of alkyl halides is 1. The van der Waals surface area contributed by atoms with Gasteiger partial charge in [-0.25, -0.2) is 12.8 Å². The molecule has 13 heavy (non-hydrogen) atoms. The lowest BCUT2D eigenvalue weighted by molar-refractivity contribution is -0.0306. The van der Waals surface area contributed by atoms with Crippen LogP contribution in [0.2, 0.25) is 0 Å². The molecule has 1 aliphatic carbocycles. The van der Waals surface area contributed by atoms with Crippen LogP contribution in [0.5, 0.6) is 0 Å². The van der Waals surface area contributed by atoms with Crippen molar-refractivity contribution in [3.63, 3.8) is 0 Å². The highest BCUT2D eigenvalue weighted by molar-refractivity contribution is 8.13. The Balaban J connectivity index is 2.06. The van der Waals surface area contributed by atoms with E-state index in [1.165, 1.54) is 0 Å². The SMILES string of the molecule is O=S(=O)(Cl)CC12COC(CF)(C1)C2. The summed E-state index contributed by atoms with van der Waals surface area (Å²) >= 11 is 0. The number of halogens is 2. The Bertz CT molecular complexity index is 321. The lowest BCUT2D eigenvalue weighted by atomic mass is 9.64. The van der Waals surface area contributed by atoms with Crippen molar-refractivity contribution in [3.05, 3.63) is 0 Å². The van der Waals surface area contributed by atoms with Crippen molar-refractivity contribution < 1.29 is 17.5 Å². The second-order valence-electron chi connectivity index (χ2n) is 4.14. The Morgan fingerprint density at radius 1 is 1.46 bits per heavy atom. The van der Waals surface area contributed by atoms with Crippen molar-refractivity contribution in [2.75, 3.05) is 19.0 Å². The molecule has 0 N–H and O–H groups in total. The molecule has 3 nitrogen and oxygen atoms in total. The lowest BCUT2D eigenvalue weighted by Gasteiger charge is -2.42. The average Bonchev–Trinajstić information content (AvgIpc) is 2.38. The number of fused-ring (bicyclic) bond motifs is 1. The van der Waals surface area contributed by atoms with E-state index in [1.54, 1.807) is 0 Å². The molecule has 0 spiro atoms. The first-order valence-electron chi connectivity index (χ1n) is 4.01. The van der Waals surface area contributed by atoms with Gasteiger partial charge in [-0.1, -0.05) is 0 Å². The molecule has 3 aliphatic rings. The van der Waals surface area contributed by atoms with Crippen molar-refractivity contribution in [2.24, 2.45) is 5.41 Å². The minimum absolute atomic E-state index is 0.0939. The van der Waals surface area contributed by atoms with E-state index in [0.717, 1.165) is 0 Å². The topological polar surface area (TPSA) is 43.4 Å². The highest BCUT2D eigenvalue weighted by Gasteiger charge is 2.63. The van der Waals surface area contributed by atoms with Crippen LogP contribution < -0.4 is 0 Å². The zero-order chi connectivity index (χ0) is 9.74. The van der Waals surface area contributed by atoms with Crippen LogP contribution >= 0.6 is 10.7 Å². The van der Waals surface area contributed by atoms with Crippen LogP contribution in [0.15, 0.2) is 0 Å². The maximum absolute atomic E-state index is 12.4. The van der Waals surface area contributed by atoms with Crippen LogP contribution in [0.3, 0.4) is 0 Å². The largest absolute Gasteiger partial charge is 0.372 e. The first-order chi connectivity index (χ1) is 5.89. The van der Waals surface area contributed by atoms with Gasteiger partial charge in [0.05, 0.1) is 18.0 Å². The average molecular weight is 229 g/mol. The van der Waals surface area contributed by atoms with E-state index < -0.39 is 26.7 Å². The number of hydrogen-bond donors (Lipinski definition) is 0. The molecule has 2 saturated heterocycles. The molecule has 6 heteroatoms. The number of ether oxygens (including phenoxy) is 1. The Morgan fingerprint density at radius 2 is 2.08 bits per heavy atom. The summed E-state index contributed by atoms with van der Waals surface area (Å²) in [6, 6.07) is 0. The molecule has 3 fully saturated rings. The molecule has 3 rings (SSSR count). The molecular weight excluding hydrogens is 219 g/mol. The molecule has 1 saturated carbocycles. The van der Waals surface area contributed by atoms with Gasteiger partial charge in [-0.3, -0.25) is 0 Å². The van der Waals surface area contributed by atoms with Gasteiger partial charge < -0.3 is 4.74 Å². The van der Waals surface area contributed by atoms with Crippen molar-refractivity contribution in [1.82, 2.24) is 0 Å². The molecule has 2 aliphatic heterocycles. The van der Waals surface area contributed by atoms with E-state index >= 15 is 0 Å². The van der Waals surface area contributed by atoms with Crippen molar-refractivity contribution >= 4 is 19.7 Å². The van der Waals surface area contributed by atoms with Gasteiger partial charge in [0.25, 0.3) is 0 Å². The van der Waals surface area contributed by atoms with Gasteiger partial charge in [0.15, 0.2) is 0 Å². The quantitative estimate of drug-likeness (QED) is 0.679. The Hall–Kier alpha value is 0.130. The normalized spacial score (nSPS) is 43.2. The predicted octanol–water partition coefficient (Wildman–Crippen LogP) is 1.07. The van der Waals surface area contributed by atoms with Crippen LogP contribution in [0.4, 0.5) is 4.39 Å². The summed E-state index contributed by atoms with van der Waals surface area (Å²) in [5.74, 6) is -0.0939. The van der Waals surface area contributed by atoms with Crippen molar-refractivity contribution in [2.45, 2.75) is 18.4 Å². The standard InChI is InChI=1S/C7H10ClFO3S/c8-13(10,11)5-6-1-7(2-6,3-9)12-4-6/h1-5H2. The van der Waals surface area contributed by atoms with Gasteiger partial charge in [0.1, 0.15) is 6.67 Å². The molecule has 0 aromatic carbocycles. The zero-order valence-electron chi connectivity index (χ0n) is 6.92. The molecule has 0 radical (unpaired) electrons. The monoisotopic (exact) mass is 228 g/mol. The minimum atomic E-state index is -3.49. The van der Waals surface area contributed by atoms with Gasteiger partial charge in [0.2, 0.25) is 9.05 Å².